The summed E-state index contributed by atoms with van der Waals surface area (Å²) in [6.45, 7) is -0.0563. The highest BCUT2D eigenvalue weighted by molar-refractivity contribution is 7.89. The molecular formula is C18H13F3N4O2S2. The van der Waals surface area contributed by atoms with Crippen LogP contribution in [0.25, 0.3) is 16.3 Å². The summed E-state index contributed by atoms with van der Waals surface area (Å²) in [7, 11) is -4.21. The molecule has 4 rings (SSSR count). The Bertz CT molecular complexity index is 1300. The van der Waals surface area contributed by atoms with E-state index >= 15 is 0 Å². The summed E-state index contributed by atoms with van der Waals surface area (Å²) in [5, 5.41) is 6.11. The van der Waals surface area contributed by atoms with Crippen molar-refractivity contribution in [3.63, 3.8) is 0 Å². The maximum absolute atomic E-state index is 13.7. The molecule has 0 bridgehead atoms. The molecule has 0 unspecified atom stereocenters. The summed E-state index contributed by atoms with van der Waals surface area (Å²) in [6, 6.07) is 8.11. The number of nitrogens with one attached hydrogen (secondary N) is 1. The quantitative estimate of drug-likeness (QED) is 0.501. The molecule has 2 aromatic carbocycles. The molecular weight excluding hydrogens is 425 g/mol. The van der Waals surface area contributed by atoms with Gasteiger partial charge in [-0.05, 0) is 30.3 Å². The lowest BCUT2D eigenvalue weighted by Gasteiger charge is -2.07. The molecule has 6 nitrogen and oxygen atoms in total. The normalized spacial score (nSPS) is 12.0. The van der Waals surface area contributed by atoms with Crippen LogP contribution in [0.15, 0.2) is 52.7 Å². The first-order valence-electron chi connectivity index (χ1n) is 8.37. The van der Waals surface area contributed by atoms with Crippen molar-refractivity contribution in [1.29, 1.82) is 0 Å². The number of sulfonamides is 1. The van der Waals surface area contributed by atoms with Gasteiger partial charge in [-0.3, -0.25) is 0 Å². The number of hydrogen-bond acceptors (Lipinski definition) is 5. The zero-order valence-electron chi connectivity index (χ0n) is 14.6. The number of benzene rings is 2. The van der Waals surface area contributed by atoms with Gasteiger partial charge in [-0.2, -0.15) is 4.98 Å². The second kappa shape index (κ2) is 7.58. The van der Waals surface area contributed by atoms with Gasteiger partial charge in [-0.15, -0.1) is 16.4 Å². The lowest BCUT2D eigenvalue weighted by molar-refractivity contribution is 0.545. The predicted molar refractivity (Wildman–Crippen MR) is 102 cm³/mol. The number of halogens is 3. The highest BCUT2D eigenvalue weighted by atomic mass is 32.2. The van der Waals surface area contributed by atoms with Gasteiger partial charge in [0.2, 0.25) is 15.0 Å². The van der Waals surface area contributed by atoms with Gasteiger partial charge in [-0.1, -0.05) is 12.1 Å². The third kappa shape index (κ3) is 4.02. The van der Waals surface area contributed by atoms with E-state index in [-0.39, 0.29) is 13.0 Å². The Morgan fingerprint density at radius 3 is 2.66 bits per heavy atom. The van der Waals surface area contributed by atoms with Crippen molar-refractivity contribution in [2.45, 2.75) is 11.3 Å². The second-order valence-corrected chi connectivity index (χ2v) is 8.66. The molecule has 0 aliphatic carbocycles. The first kappa shape index (κ1) is 19.6. The van der Waals surface area contributed by atoms with Gasteiger partial charge in [0.25, 0.3) is 0 Å². The van der Waals surface area contributed by atoms with Crippen LogP contribution in [0.1, 0.15) is 5.69 Å². The Kier molecular flexibility index (Phi) is 5.11. The van der Waals surface area contributed by atoms with Crippen molar-refractivity contribution in [2.24, 2.45) is 0 Å². The summed E-state index contributed by atoms with van der Waals surface area (Å²) in [4.78, 5) is 4.16. The Morgan fingerprint density at radius 2 is 1.86 bits per heavy atom. The second-order valence-electron chi connectivity index (χ2n) is 6.09. The number of aromatic nitrogens is 3. The molecule has 0 radical (unpaired) electrons. The van der Waals surface area contributed by atoms with E-state index in [1.165, 1.54) is 23.5 Å². The van der Waals surface area contributed by atoms with Gasteiger partial charge < -0.3 is 0 Å². The Morgan fingerprint density at radius 1 is 1.07 bits per heavy atom. The van der Waals surface area contributed by atoms with Gasteiger partial charge >= 0.3 is 0 Å². The highest BCUT2D eigenvalue weighted by Crippen LogP contribution is 2.22. The molecule has 2 aromatic heterocycles. The van der Waals surface area contributed by atoms with E-state index in [1.54, 1.807) is 22.0 Å². The number of nitrogens with zero attached hydrogens (tertiary/aromatic N) is 3. The van der Waals surface area contributed by atoms with Crippen LogP contribution < -0.4 is 4.72 Å². The van der Waals surface area contributed by atoms with Gasteiger partial charge in [-0.25, -0.2) is 30.8 Å². The molecule has 29 heavy (non-hydrogen) atoms. The summed E-state index contributed by atoms with van der Waals surface area (Å²) in [5.41, 5.74) is 1.19. The van der Waals surface area contributed by atoms with Crippen LogP contribution in [0, 0.1) is 17.5 Å². The average molecular weight is 438 g/mol. The zero-order valence-corrected chi connectivity index (χ0v) is 16.3. The molecule has 0 aliphatic rings. The number of hydrogen-bond donors (Lipinski definition) is 1. The van der Waals surface area contributed by atoms with Crippen molar-refractivity contribution < 1.29 is 21.6 Å². The average Bonchev–Trinajstić information content (AvgIpc) is 3.25. The van der Waals surface area contributed by atoms with E-state index in [1.807, 2.05) is 0 Å². The fourth-order valence-electron chi connectivity index (χ4n) is 2.72. The maximum atomic E-state index is 13.7. The molecule has 11 heteroatoms. The molecule has 1 N–H and O–H groups in total. The summed E-state index contributed by atoms with van der Waals surface area (Å²) < 4.78 is 68.7. The van der Waals surface area contributed by atoms with Crippen molar-refractivity contribution in [2.75, 3.05) is 6.54 Å². The standard InChI is InChI=1S/C18H13F3N4O2S2/c19-12-3-1-2-11(8-12)17-23-18-25(24-17)14(10-28-18)6-7-22-29(26,27)16-9-13(20)4-5-15(16)21/h1-5,8-10,22H,6-7H2. The van der Waals surface area contributed by atoms with Gasteiger partial charge in [0, 0.05) is 23.9 Å². The minimum absolute atomic E-state index is 0.0563. The highest BCUT2D eigenvalue weighted by Gasteiger charge is 2.20. The molecule has 4 aromatic rings. The molecule has 0 amide bonds. The first-order chi connectivity index (χ1) is 13.8. The Labute approximate surface area is 167 Å². The largest absolute Gasteiger partial charge is 0.243 e. The monoisotopic (exact) mass is 438 g/mol. The Balaban J connectivity index is 1.51. The van der Waals surface area contributed by atoms with Crippen LogP contribution in [0.4, 0.5) is 13.2 Å². The number of fused-ring (bicyclic) bond motifs is 1. The van der Waals surface area contributed by atoms with Crippen molar-refractivity contribution >= 4 is 26.3 Å². The Hall–Kier alpha value is -2.76. The molecule has 0 atom stereocenters. The molecule has 0 saturated heterocycles. The topological polar surface area (TPSA) is 76.4 Å². The van der Waals surface area contributed by atoms with Crippen LogP contribution in [-0.2, 0) is 16.4 Å². The molecule has 0 saturated carbocycles. The molecule has 150 valence electrons. The third-order valence-corrected chi connectivity index (χ3v) is 6.43. The molecule has 0 spiro atoms. The van der Waals surface area contributed by atoms with Crippen LogP contribution in [0.3, 0.4) is 0 Å². The van der Waals surface area contributed by atoms with Gasteiger partial charge in [0.1, 0.15) is 22.3 Å². The van der Waals surface area contributed by atoms with Crippen LogP contribution in [0.5, 0.6) is 0 Å². The molecule has 2 heterocycles. The van der Waals surface area contributed by atoms with Crippen LogP contribution >= 0.6 is 11.3 Å². The fourth-order valence-corrected chi connectivity index (χ4v) is 4.70. The number of thiazole rings is 1. The van der Waals surface area contributed by atoms with E-state index in [4.69, 9.17) is 0 Å². The van der Waals surface area contributed by atoms with E-state index in [9.17, 15) is 21.6 Å². The van der Waals surface area contributed by atoms with Crippen molar-refractivity contribution in [3.05, 3.63) is 71.0 Å². The lowest BCUT2D eigenvalue weighted by Crippen LogP contribution is -2.27. The summed E-state index contributed by atoms with van der Waals surface area (Å²) >= 11 is 1.30. The maximum Gasteiger partial charge on any atom is 0.243 e. The summed E-state index contributed by atoms with van der Waals surface area (Å²) in [6.07, 6.45) is 0.238. The van der Waals surface area contributed by atoms with Crippen LogP contribution in [-0.4, -0.2) is 29.6 Å². The van der Waals surface area contributed by atoms with Crippen molar-refractivity contribution in [1.82, 2.24) is 19.3 Å². The minimum atomic E-state index is -4.21. The molecule has 0 fully saturated rings. The van der Waals surface area contributed by atoms with E-state index < -0.39 is 32.4 Å². The van der Waals surface area contributed by atoms with Gasteiger partial charge in [0.15, 0.2) is 5.82 Å². The number of rotatable bonds is 6. The SMILES string of the molecule is O=S(=O)(NCCc1csc2nc(-c3cccc(F)c3)nn12)c1cc(F)ccc1F. The zero-order chi connectivity index (χ0) is 20.6. The van der Waals surface area contributed by atoms with E-state index in [0.29, 0.717) is 28.1 Å². The molecule has 0 aliphatic heterocycles. The van der Waals surface area contributed by atoms with Crippen LogP contribution in [0.2, 0.25) is 0 Å². The summed E-state index contributed by atoms with van der Waals surface area (Å²) in [5.74, 6) is -1.94. The third-order valence-electron chi connectivity index (χ3n) is 4.09. The minimum Gasteiger partial charge on any atom is -0.211 e. The fraction of sp³-hybridized carbons (Fsp3) is 0.111. The van der Waals surface area contributed by atoms with E-state index in [0.717, 1.165) is 12.1 Å². The van der Waals surface area contributed by atoms with Gasteiger partial charge in [0.05, 0.1) is 5.69 Å². The lowest BCUT2D eigenvalue weighted by atomic mass is 10.2. The first-order valence-corrected chi connectivity index (χ1v) is 10.7. The smallest absolute Gasteiger partial charge is 0.211 e. The van der Waals surface area contributed by atoms with Crippen molar-refractivity contribution in [3.8, 4) is 11.4 Å². The van der Waals surface area contributed by atoms with E-state index in [2.05, 4.69) is 14.8 Å². The predicted octanol–water partition coefficient (Wildman–Crippen LogP) is 3.40.